The molecule has 1 fully saturated rings. The first-order valence-corrected chi connectivity index (χ1v) is 8.39. The van der Waals surface area contributed by atoms with Gasteiger partial charge < -0.3 is 15.2 Å². The van der Waals surface area contributed by atoms with Crippen LogP contribution >= 0.6 is 0 Å². The fraction of sp³-hybridized carbons (Fsp3) is 0.588. The molecule has 1 aromatic carbocycles. The SMILES string of the molecule is CC(=O)Nc1cc2c(cc1[N+](=O)[O-])OC(C)(C)C(O)(N1CCCC1)C2. The minimum absolute atomic E-state index is 0.114. The van der Waals surface area contributed by atoms with Crippen molar-refractivity contribution in [2.24, 2.45) is 0 Å². The average Bonchev–Trinajstić information content (AvgIpc) is 3.02. The van der Waals surface area contributed by atoms with Crippen molar-refractivity contribution >= 4 is 17.3 Å². The molecule has 1 aromatic rings. The standard InChI is InChI=1S/C17H23N3O5/c1-11(21)18-13-8-12-10-17(22,19-6-4-5-7-19)16(2,3)25-15(12)9-14(13)20(23)24/h8-9,22H,4-7,10H2,1-3H3,(H,18,21). The molecule has 2 aliphatic rings. The van der Waals surface area contributed by atoms with Gasteiger partial charge in [-0.1, -0.05) is 0 Å². The van der Waals surface area contributed by atoms with E-state index in [-0.39, 0.29) is 17.8 Å². The number of nitro benzene ring substituents is 1. The first-order valence-electron chi connectivity index (χ1n) is 8.39. The van der Waals surface area contributed by atoms with Crippen molar-refractivity contribution in [1.82, 2.24) is 4.90 Å². The van der Waals surface area contributed by atoms with Crippen LogP contribution in [0.5, 0.6) is 5.75 Å². The first-order chi connectivity index (χ1) is 11.6. The molecule has 0 aromatic heterocycles. The molecule has 8 heteroatoms. The van der Waals surface area contributed by atoms with Crippen LogP contribution in [0.25, 0.3) is 0 Å². The maximum Gasteiger partial charge on any atom is 0.296 e. The van der Waals surface area contributed by atoms with Gasteiger partial charge in [0, 0.05) is 32.0 Å². The number of ether oxygens (including phenoxy) is 1. The van der Waals surface area contributed by atoms with Crippen molar-refractivity contribution in [2.45, 2.75) is 51.4 Å². The van der Waals surface area contributed by atoms with Gasteiger partial charge in [-0.25, -0.2) is 0 Å². The van der Waals surface area contributed by atoms with Crippen molar-refractivity contribution in [3.05, 3.63) is 27.8 Å². The lowest BCUT2D eigenvalue weighted by molar-refractivity contribution is -0.384. The normalized spacial score (nSPS) is 25.1. The summed E-state index contributed by atoms with van der Waals surface area (Å²) in [5.74, 6) is -0.0235. The number of amides is 1. The zero-order valence-corrected chi connectivity index (χ0v) is 14.7. The molecule has 0 aliphatic carbocycles. The van der Waals surface area contributed by atoms with Crippen LogP contribution in [0.3, 0.4) is 0 Å². The second-order valence-electron chi connectivity index (χ2n) is 7.22. The lowest BCUT2D eigenvalue weighted by Gasteiger charge is -2.51. The predicted molar refractivity (Wildman–Crippen MR) is 91.6 cm³/mol. The van der Waals surface area contributed by atoms with Crippen LogP contribution in [0.4, 0.5) is 11.4 Å². The number of nitro groups is 1. The van der Waals surface area contributed by atoms with Gasteiger partial charge in [0.2, 0.25) is 5.91 Å². The number of likely N-dealkylation sites (tertiary alicyclic amines) is 1. The van der Waals surface area contributed by atoms with E-state index in [2.05, 4.69) is 5.32 Å². The number of rotatable bonds is 3. The highest BCUT2D eigenvalue weighted by molar-refractivity contribution is 5.91. The van der Waals surface area contributed by atoms with Crippen LogP contribution in [0.15, 0.2) is 12.1 Å². The molecule has 1 amide bonds. The van der Waals surface area contributed by atoms with Gasteiger partial charge in [0.25, 0.3) is 5.69 Å². The van der Waals surface area contributed by atoms with Crippen molar-refractivity contribution in [3.63, 3.8) is 0 Å². The minimum atomic E-state index is -1.21. The highest BCUT2D eigenvalue weighted by Gasteiger charge is 2.54. The van der Waals surface area contributed by atoms with Crippen molar-refractivity contribution < 1.29 is 19.6 Å². The smallest absolute Gasteiger partial charge is 0.296 e. The third-order valence-corrected chi connectivity index (χ3v) is 5.08. The van der Waals surface area contributed by atoms with E-state index in [0.717, 1.165) is 25.9 Å². The second kappa shape index (κ2) is 5.96. The lowest BCUT2D eigenvalue weighted by Crippen LogP contribution is -2.66. The van der Waals surface area contributed by atoms with E-state index < -0.39 is 22.2 Å². The Bertz CT molecular complexity index is 727. The van der Waals surface area contributed by atoms with E-state index in [9.17, 15) is 20.0 Å². The number of hydrogen-bond acceptors (Lipinski definition) is 6. The second-order valence-corrected chi connectivity index (χ2v) is 7.22. The molecule has 2 N–H and O–H groups in total. The van der Waals surface area contributed by atoms with E-state index in [1.165, 1.54) is 19.1 Å². The quantitative estimate of drug-likeness (QED) is 0.639. The van der Waals surface area contributed by atoms with Crippen molar-refractivity contribution in [1.29, 1.82) is 0 Å². The van der Waals surface area contributed by atoms with Crippen LogP contribution in [-0.4, -0.2) is 45.3 Å². The predicted octanol–water partition coefficient (Wildman–Crippen LogP) is 2.05. The summed E-state index contributed by atoms with van der Waals surface area (Å²) < 4.78 is 5.99. The Hall–Kier alpha value is -2.19. The number of nitrogens with one attached hydrogen (secondary N) is 1. The fourth-order valence-corrected chi connectivity index (χ4v) is 3.70. The molecule has 2 aliphatic heterocycles. The molecule has 8 nitrogen and oxygen atoms in total. The van der Waals surface area contributed by atoms with Crippen LogP contribution in [0, 0.1) is 10.1 Å². The molecular formula is C17H23N3O5. The molecule has 25 heavy (non-hydrogen) atoms. The maximum absolute atomic E-state index is 11.4. The van der Waals surface area contributed by atoms with Crippen molar-refractivity contribution in [2.75, 3.05) is 18.4 Å². The Kier molecular flexibility index (Phi) is 4.20. The molecule has 0 radical (unpaired) electrons. The summed E-state index contributed by atoms with van der Waals surface area (Å²) in [6, 6.07) is 2.86. The van der Waals surface area contributed by atoms with Gasteiger partial charge in [-0.05, 0) is 32.8 Å². The summed E-state index contributed by atoms with van der Waals surface area (Å²) in [6.07, 6.45) is 2.31. The van der Waals surface area contributed by atoms with E-state index in [1.807, 2.05) is 4.90 Å². The molecule has 0 saturated carbocycles. The summed E-state index contributed by atoms with van der Waals surface area (Å²) in [5.41, 5.74) is -1.60. The summed E-state index contributed by atoms with van der Waals surface area (Å²) in [5, 5.41) is 25.2. The van der Waals surface area contributed by atoms with Crippen LogP contribution in [0.1, 0.15) is 39.2 Å². The number of aliphatic hydroxyl groups is 1. The fourth-order valence-electron chi connectivity index (χ4n) is 3.70. The average molecular weight is 349 g/mol. The maximum atomic E-state index is 11.4. The summed E-state index contributed by atoms with van der Waals surface area (Å²) >= 11 is 0. The molecule has 1 saturated heterocycles. The van der Waals surface area contributed by atoms with Gasteiger partial charge in [0.15, 0.2) is 5.72 Å². The van der Waals surface area contributed by atoms with Gasteiger partial charge in [-0.15, -0.1) is 0 Å². The number of carbonyl (C=O) groups is 1. The molecule has 1 atom stereocenters. The summed E-state index contributed by atoms with van der Waals surface area (Å²) in [6.45, 7) is 6.45. The number of anilines is 1. The number of carbonyl (C=O) groups excluding carboxylic acids is 1. The Balaban J connectivity index is 2.06. The number of fused-ring (bicyclic) bond motifs is 1. The Labute approximate surface area is 145 Å². The third-order valence-electron chi connectivity index (χ3n) is 5.08. The van der Waals surface area contributed by atoms with E-state index in [0.29, 0.717) is 11.3 Å². The Morgan fingerprint density at radius 3 is 2.56 bits per heavy atom. The van der Waals surface area contributed by atoms with Crippen LogP contribution < -0.4 is 10.1 Å². The molecule has 136 valence electrons. The third kappa shape index (κ3) is 2.96. The van der Waals surface area contributed by atoms with Crippen LogP contribution in [0.2, 0.25) is 0 Å². The Morgan fingerprint density at radius 1 is 1.36 bits per heavy atom. The van der Waals surface area contributed by atoms with E-state index in [1.54, 1.807) is 13.8 Å². The van der Waals surface area contributed by atoms with Crippen LogP contribution in [-0.2, 0) is 11.2 Å². The highest BCUT2D eigenvalue weighted by Crippen LogP contribution is 2.45. The van der Waals surface area contributed by atoms with E-state index >= 15 is 0 Å². The topological polar surface area (TPSA) is 105 Å². The lowest BCUT2D eigenvalue weighted by atomic mass is 9.83. The largest absolute Gasteiger partial charge is 0.483 e. The Morgan fingerprint density at radius 2 is 2.00 bits per heavy atom. The molecular weight excluding hydrogens is 326 g/mol. The van der Waals surface area contributed by atoms with Gasteiger partial charge in [0.1, 0.15) is 17.0 Å². The first kappa shape index (κ1) is 17.6. The van der Waals surface area contributed by atoms with E-state index in [4.69, 9.17) is 4.74 Å². The molecule has 1 unspecified atom stereocenters. The molecule has 2 heterocycles. The molecule has 0 bridgehead atoms. The minimum Gasteiger partial charge on any atom is -0.483 e. The van der Waals surface area contributed by atoms with Crippen molar-refractivity contribution in [3.8, 4) is 5.75 Å². The monoisotopic (exact) mass is 349 g/mol. The van der Waals surface area contributed by atoms with Gasteiger partial charge in [0.05, 0.1) is 11.0 Å². The zero-order chi connectivity index (χ0) is 18.4. The molecule has 0 spiro atoms. The number of nitrogens with zero attached hydrogens (tertiary/aromatic N) is 2. The number of hydrogen-bond donors (Lipinski definition) is 2. The molecule has 3 rings (SSSR count). The summed E-state index contributed by atoms with van der Waals surface area (Å²) in [7, 11) is 0. The highest BCUT2D eigenvalue weighted by atomic mass is 16.6. The van der Waals surface area contributed by atoms with Gasteiger partial charge >= 0.3 is 0 Å². The van der Waals surface area contributed by atoms with Gasteiger partial charge in [-0.3, -0.25) is 19.8 Å². The zero-order valence-electron chi connectivity index (χ0n) is 14.7. The summed E-state index contributed by atoms with van der Waals surface area (Å²) in [4.78, 5) is 24.2. The van der Waals surface area contributed by atoms with Gasteiger partial charge in [-0.2, -0.15) is 0 Å². The number of benzene rings is 1.